The topological polar surface area (TPSA) is 59.9 Å². The van der Waals surface area contributed by atoms with Gasteiger partial charge in [0.05, 0.1) is 21.5 Å². The molecule has 1 unspecified atom stereocenters. The minimum atomic E-state index is -1.67. The van der Waals surface area contributed by atoms with Crippen LogP contribution in [0.4, 0.5) is 0 Å². The summed E-state index contributed by atoms with van der Waals surface area (Å²) in [6, 6.07) is 11.9. The lowest BCUT2D eigenvalue weighted by atomic mass is 10.0. The normalized spacial score (nSPS) is 16.6. The van der Waals surface area contributed by atoms with E-state index >= 15 is 0 Å². The van der Waals surface area contributed by atoms with Gasteiger partial charge in [0.2, 0.25) is 0 Å². The van der Waals surface area contributed by atoms with E-state index in [1.54, 1.807) is 12.1 Å². The zero-order valence-corrected chi connectivity index (χ0v) is 22.1. The molecule has 1 aromatic carbocycles. The van der Waals surface area contributed by atoms with Crippen LogP contribution in [0.1, 0.15) is 54.4 Å². The van der Waals surface area contributed by atoms with Gasteiger partial charge < -0.3 is 14.6 Å². The Hall–Kier alpha value is -1.67. The summed E-state index contributed by atoms with van der Waals surface area (Å²) in [6.45, 7) is 12.6. The fourth-order valence-corrected chi connectivity index (χ4v) is 5.17. The molecule has 1 N–H and O–H groups in total. The van der Waals surface area contributed by atoms with E-state index < -0.39 is 8.32 Å². The SMILES string of the molecule is CC(C)(C)[Si](C)(C)OCCCc1ccc(C2=NOC(CNC(=O)c3ccc(Cl)s3)C2)cc1. The Morgan fingerprint density at radius 3 is 2.59 bits per heavy atom. The predicted molar refractivity (Wildman–Crippen MR) is 136 cm³/mol. The molecule has 0 saturated heterocycles. The van der Waals surface area contributed by atoms with Crippen molar-refractivity contribution in [3.8, 4) is 0 Å². The van der Waals surface area contributed by atoms with Gasteiger partial charge in [-0.3, -0.25) is 4.79 Å². The van der Waals surface area contributed by atoms with Crippen LogP contribution in [0.2, 0.25) is 22.5 Å². The van der Waals surface area contributed by atoms with Gasteiger partial charge in [0, 0.05) is 13.0 Å². The Kier molecular flexibility index (Phi) is 8.19. The lowest BCUT2D eigenvalue weighted by molar-refractivity contribution is 0.0755. The number of hydrogen-bond donors (Lipinski definition) is 1. The first kappa shape index (κ1) is 25.0. The van der Waals surface area contributed by atoms with Crippen LogP contribution < -0.4 is 5.32 Å². The molecule has 174 valence electrons. The molecule has 1 amide bonds. The Bertz CT molecular complexity index is 951. The summed E-state index contributed by atoms with van der Waals surface area (Å²) in [5, 5.41) is 7.37. The van der Waals surface area contributed by atoms with Crippen molar-refractivity contribution in [1.29, 1.82) is 0 Å². The zero-order chi connectivity index (χ0) is 23.4. The van der Waals surface area contributed by atoms with Gasteiger partial charge >= 0.3 is 0 Å². The van der Waals surface area contributed by atoms with Crippen molar-refractivity contribution in [1.82, 2.24) is 5.32 Å². The summed E-state index contributed by atoms with van der Waals surface area (Å²) >= 11 is 7.15. The van der Waals surface area contributed by atoms with E-state index in [0.29, 0.717) is 22.2 Å². The van der Waals surface area contributed by atoms with Crippen LogP contribution in [0.5, 0.6) is 0 Å². The average molecular weight is 493 g/mol. The van der Waals surface area contributed by atoms with Crippen molar-refractivity contribution < 1.29 is 14.1 Å². The number of thiophene rings is 1. The van der Waals surface area contributed by atoms with Crippen LogP contribution in [0.25, 0.3) is 0 Å². The van der Waals surface area contributed by atoms with Crippen LogP contribution >= 0.6 is 22.9 Å². The predicted octanol–water partition coefficient (Wildman–Crippen LogP) is 6.28. The molecule has 8 heteroatoms. The monoisotopic (exact) mass is 492 g/mol. The third-order valence-electron chi connectivity index (χ3n) is 6.19. The van der Waals surface area contributed by atoms with E-state index in [1.165, 1.54) is 16.9 Å². The number of nitrogens with one attached hydrogen (secondary N) is 1. The molecule has 0 radical (unpaired) electrons. The number of amides is 1. The Labute approximate surface area is 201 Å². The number of halogens is 1. The fourth-order valence-electron chi connectivity index (χ4n) is 3.12. The summed E-state index contributed by atoms with van der Waals surface area (Å²) in [7, 11) is -1.67. The second-order valence-electron chi connectivity index (χ2n) is 9.69. The van der Waals surface area contributed by atoms with E-state index in [2.05, 4.69) is 68.6 Å². The molecule has 0 aliphatic carbocycles. The van der Waals surface area contributed by atoms with Gasteiger partial charge in [-0.1, -0.05) is 61.8 Å². The number of benzene rings is 1. The first-order valence-corrected chi connectivity index (χ1v) is 15.1. The first-order valence-electron chi connectivity index (χ1n) is 11.0. The van der Waals surface area contributed by atoms with Crippen molar-refractivity contribution in [3.05, 3.63) is 56.7 Å². The highest BCUT2D eigenvalue weighted by molar-refractivity contribution is 7.18. The van der Waals surface area contributed by atoms with Gasteiger partial charge in [-0.05, 0) is 54.2 Å². The maximum atomic E-state index is 12.2. The number of rotatable bonds is 9. The van der Waals surface area contributed by atoms with Crippen LogP contribution in [0, 0.1) is 0 Å². The maximum absolute atomic E-state index is 12.2. The van der Waals surface area contributed by atoms with Crippen molar-refractivity contribution in [2.24, 2.45) is 5.16 Å². The molecular weight excluding hydrogens is 460 g/mol. The van der Waals surface area contributed by atoms with Crippen LogP contribution in [-0.4, -0.2) is 39.2 Å². The van der Waals surface area contributed by atoms with Gasteiger partial charge in [0.25, 0.3) is 5.91 Å². The van der Waals surface area contributed by atoms with E-state index in [1.807, 2.05) is 0 Å². The summed E-state index contributed by atoms with van der Waals surface area (Å²) in [5.41, 5.74) is 3.27. The van der Waals surface area contributed by atoms with Crippen molar-refractivity contribution in [2.45, 2.75) is 64.3 Å². The van der Waals surface area contributed by atoms with Crippen LogP contribution in [0.15, 0.2) is 41.6 Å². The largest absolute Gasteiger partial charge is 0.417 e. The number of carbonyl (C=O) groups is 1. The van der Waals surface area contributed by atoms with Gasteiger partial charge in [0.15, 0.2) is 8.32 Å². The molecule has 3 rings (SSSR count). The standard InChI is InChI=1S/C24H33ClN2O3SSi/c1-24(2,3)32(4,5)29-14-6-7-17-8-10-18(11-9-17)20-15-19(30-27-20)16-26-23(28)21-12-13-22(25)31-21/h8-13,19H,6-7,14-16H2,1-5H3,(H,26,28). The number of carbonyl (C=O) groups excluding carboxylic acids is 1. The molecule has 5 nitrogen and oxygen atoms in total. The molecule has 1 atom stereocenters. The number of nitrogens with zero attached hydrogens (tertiary/aromatic N) is 1. The summed E-state index contributed by atoms with van der Waals surface area (Å²) in [6.07, 6.45) is 2.54. The highest BCUT2D eigenvalue weighted by Gasteiger charge is 2.36. The summed E-state index contributed by atoms with van der Waals surface area (Å²) in [4.78, 5) is 18.3. The Balaban J connectivity index is 1.41. The van der Waals surface area contributed by atoms with Crippen molar-refractivity contribution in [2.75, 3.05) is 13.2 Å². The molecule has 1 aliphatic heterocycles. The van der Waals surface area contributed by atoms with E-state index in [4.69, 9.17) is 20.9 Å². The van der Waals surface area contributed by atoms with Gasteiger partial charge in [0.1, 0.15) is 6.10 Å². The molecule has 2 heterocycles. The van der Waals surface area contributed by atoms with Crippen LogP contribution in [0.3, 0.4) is 0 Å². The third kappa shape index (κ3) is 6.67. The second kappa shape index (κ2) is 10.5. The van der Waals surface area contributed by atoms with Crippen LogP contribution in [-0.2, 0) is 15.7 Å². The molecule has 0 bridgehead atoms. The molecule has 0 fully saturated rings. The van der Waals surface area contributed by atoms with E-state index in [9.17, 15) is 4.79 Å². The van der Waals surface area contributed by atoms with Gasteiger partial charge in [-0.15, -0.1) is 11.3 Å². The van der Waals surface area contributed by atoms with Gasteiger partial charge in [-0.2, -0.15) is 0 Å². The Morgan fingerprint density at radius 1 is 1.25 bits per heavy atom. The van der Waals surface area contributed by atoms with Crippen molar-refractivity contribution >= 4 is 42.9 Å². The quantitative estimate of drug-likeness (QED) is 0.331. The molecular formula is C24H33ClN2O3SSi. The molecule has 0 saturated carbocycles. The number of aryl methyl sites for hydroxylation is 1. The zero-order valence-electron chi connectivity index (χ0n) is 19.5. The minimum absolute atomic E-state index is 0.138. The molecule has 1 aliphatic rings. The number of oxime groups is 1. The lowest BCUT2D eigenvalue weighted by Gasteiger charge is -2.36. The van der Waals surface area contributed by atoms with Gasteiger partial charge in [-0.25, -0.2) is 0 Å². The average Bonchev–Trinajstić information content (AvgIpc) is 3.38. The molecule has 2 aromatic rings. The summed E-state index contributed by atoms with van der Waals surface area (Å²) in [5.74, 6) is -0.138. The summed E-state index contributed by atoms with van der Waals surface area (Å²) < 4.78 is 6.87. The highest BCUT2D eigenvalue weighted by Crippen LogP contribution is 2.36. The molecule has 1 aromatic heterocycles. The van der Waals surface area contributed by atoms with E-state index in [0.717, 1.165) is 30.7 Å². The third-order valence-corrected chi connectivity index (χ3v) is 12.0. The van der Waals surface area contributed by atoms with E-state index in [-0.39, 0.29) is 17.0 Å². The molecule has 0 spiro atoms. The van der Waals surface area contributed by atoms with Crippen molar-refractivity contribution in [3.63, 3.8) is 0 Å². The minimum Gasteiger partial charge on any atom is -0.417 e. The maximum Gasteiger partial charge on any atom is 0.261 e. The number of hydrogen-bond acceptors (Lipinski definition) is 5. The smallest absolute Gasteiger partial charge is 0.261 e. The highest BCUT2D eigenvalue weighted by atomic mass is 35.5. The lowest BCUT2D eigenvalue weighted by Crippen LogP contribution is -2.41. The fraction of sp³-hybridized carbons (Fsp3) is 0.500. The Morgan fingerprint density at radius 2 is 1.97 bits per heavy atom. The first-order chi connectivity index (χ1) is 15.0. The molecule has 32 heavy (non-hydrogen) atoms. The second-order valence-corrected chi connectivity index (χ2v) is 16.2.